The van der Waals surface area contributed by atoms with Crippen LogP contribution < -0.4 is 5.32 Å². The molecule has 1 N–H and O–H groups in total. The summed E-state index contributed by atoms with van der Waals surface area (Å²) in [5.41, 5.74) is 1.26. The fourth-order valence-corrected chi connectivity index (χ4v) is 2.98. The monoisotopic (exact) mass is 336 g/mol. The average Bonchev–Trinajstić information content (AvgIpc) is 2.84. The first-order valence-electron chi connectivity index (χ1n) is 7.28. The molecule has 1 aromatic rings. The molecule has 108 valence electrons. The third-order valence-corrected chi connectivity index (χ3v) is 4.45. The number of ether oxygens (including phenoxy) is 1. The summed E-state index contributed by atoms with van der Waals surface area (Å²) in [6.45, 7) is 5.16. The summed E-state index contributed by atoms with van der Waals surface area (Å²) in [4.78, 5) is 2.51. The zero-order valence-corrected chi connectivity index (χ0v) is 13.2. The maximum atomic E-state index is 5.20. The Balaban J connectivity index is 1.41. The molecule has 3 rings (SSSR count). The van der Waals surface area contributed by atoms with Gasteiger partial charge in [-0.25, -0.2) is 0 Å². The number of likely N-dealkylation sites (tertiary alicyclic amines) is 1. The van der Waals surface area contributed by atoms with E-state index >= 15 is 0 Å². The van der Waals surface area contributed by atoms with Crippen LogP contribution in [0, 0.1) is 0 Å². The van der Waals surface area contributed by atoms with Crippen LogP contribution in [0.15, 0.2) is 34.8 Å². The molecule has 0 saturated carbocycles. The normalized spacial score (nSPS) is 24.4. The van der Waals surface area contributed by atoms with E-state index in [0.717, 1.165) is 30.8 Å². The van der Waals surface area contributed by atoms with E-state index in [9.17, 15) is 0 Å². The lowest BCUT2D eigenvalue weighted by molar-refractivity contribution is -0.00943. The van der Waals surface area contributed by atoms with Gasteiger partial charge in [-0.15, -0.1) is 0 Å². The highest BCUT2D eigenvalue weighted by atomic mass is 79.9. The van der Waals surface area contributed by atoms with Crippen LogP contribution in [0.4, 0.5) is 0 Å². The molecule has 0 aromatic heterocycles. The van der Waals surface area contributed by atoms with Crippen molar-refractivity contribution in [2.45, 2.75) is 18.5 Å². The maximum Gasteiger partial charge on any atom is 0.0643 e. The predicted molar refractivity (Wildman–Crippen MR) is 85.8 cm³/mol. The van der Waals surface area contributed by atoms with Gasteiger partial charge in [-0.3, -0.25) is 4.90 Å². The van der Waals surface area contributed by atoms with Gasteiger partial charge in [0.25, 0.3) is 0 Å². The molecular weight excluding hydrogens is 316 g/mol. The molecule has 1 aromatic carbocycles. The molecule has 4 heteroatoms. The Morgan fingerprint density at radius 2 is 2.05 bits per heavy atom. The van der Waals surface area contributed by atoms with Crippen molar-refractivity contribution in [2.75, 3.05) is 32.8 Å². The maximum absolute atomic E-state index is 5.20. The molecule has 0 radical (unpaired) electrons. The molecule has 0 aliphatic carbocycles. The Morgan fingerprint density at radius 1 is 1.25 bits per heavy atom. The Kier molecular flexibility index (Phi) is 4.89. The molecular formula is C16H21BrN2O. The zero-order valence-electron chi connectivity index (χ0n) is 11.6. The largest absolute Gasteiger partial charge is 0.378 e. The second kappa shape index (κ2) is 6.85. The minimum Gasteiger partial charge on any atom is -0.378 e. The zero-order chi connectivity index (χ0) is 13.8. The van der Waals surface area contributed by atoms with Crippen LogP contribution in [0.3, 0.4) is 0 Å². The number of hydrogen-bond acceptors (Lipinski definition) is 3. The van der Waals surface area contributed by atoms with E-state index < -0.39 is 0 Å². The van der Waals surface area contributed by atoms with Crippen molar-refractivity contribution >= 4 is 22.0 Å². The molecule has 2 aliphatic rings. The van der Waals surface area contributed by atoms with E-state index in [1.165, 1.54) is 18.5 Å². The summed E-state index contributed by atoms with van der Waals surface area (Å²) in [6.07, 6.45) is 5.72. The van der Waals surface area contributed by atoms with Gasteiger partial charge in [0.05, 0.1) is 19.3 Å². The molecule has 2 fully saturated rings. The minimum absolute atomic E-state index is 0.596. The molecule has 2 saturated heterocycles. The lowest BCUT2D eigenvalue weighted by atomic mass is 10.2. The number of halogens is 1. The minimum atomic E-state index is 0.596. The van der Waals surface area contributed by atoms with Crippen LogP contribution in [-0.2, 0) is 4.74 Å². The Labute approximate surface area is 129 Å². The SMILES string of the molecule is Brc1ccc(/C=C/CN2CCC(NC3COC3)C2)cc1. The van der Waals surface area contributed by atoms with E-state index in [-0.39, 0.29) is 0 Å². The van der Waals surface area contributed by atoms with Crippen molar-refractivity contribution in [1.82, 2.24) is 10.2 Å². The smallest absolute Gasteiger partial charge is 0.0643 e. The van der Waals surface area contributed by atoms with Gasteiger partial charge in [0.2, 0.25) is 0 Å². The van der Waals surface area contributed by atoms with Gasteiger partial charge in [-0.05, 0) is 24.1 Å². The first-order valence-corrected chi connectivity index (χ1v) is 8.07. The van der Waals surface area contributed by atoms with E-state index in [2.05, 4.69) is 62.6 Å². The van der Waals surface area contributed by atoms with E-state index in [1.54, 1.807) is 0 Å². The Morgan fingerprint density at radius 3 is 2.75 bits per heavy atom. The van der Waals surface area contributed by atoms with E-state index in [0.29, 0.717) is 12.1 Å². The second-order valence-corrected chi connectivity index (χ2v) is 6.52. The van der Waals surface area contributed by atoms with E-state index in [4.69, 9.17) is 4.74 Å². The topological polar surface area (TPSA) is 24.5 Å². The summed E-state index contributed by atoms with van der Waals surface area (Å²) in [7, 11) is 0. The summed E-state index contributed by atoms with van der Waals surface area (Å²) >= 11 is 3.46. The van der Waals surface area contributed by atoms with E-state index in [1.807, 2.05) is 0 Å². The van der Waals surface area contributed by atoms with Gasteiger partial charge >= 0.3 is 0 Å². The highest BCUT2D eigenvalue weighted by Gasteiger charge is 2.26. The highest BCUT2D eigenvalue weighted by Crippen LogP contribution is 2.14. The molecule has 3 nitrogen and oxygen atoms in total. The molecule has 1 atom stereocenters. The summed E-state index contributed by atoms with van der Waals surface area (Å²) in [6, 6.07) is 9.66. The summed E-state index contributed by atoms with van der Waals surface area (Å²) < 4.78 is 6.33. The van der Waals surface area contributed by atoms with Gasteiger partial charge in [0.1, 0.15) is 0 Å². The van der Waals surface area contributed by atoms with Crippen LogP contribution in [0.1, 0.15) is 12.0 Å². The molecule has 0 amide bonds. The summed E-state index contributed by atoms with van der Waals surface area (Å²) in [5, 5.41) is 3.66. The third kappa shape index (κ3) is 3.92. The first-order chi connectivity index (χ1) is 9.79. The van der Waals surface area contributed by atoms with Gasteiger partial charge in [0.15, 0.2) is 0 Å². The van der Waals surface area contributed by atoms with Gasteiger partial charge in [-0.1, -0.05) is 40.2 Å². The van der Waals surface area contributed by atoms with Crippen LogP contribution in [0.5, 0.6) is 0 Å². The van der Waals surface area contributed by atoms with Crippen molar-refractivity contribution in [3.8, 4) is 0 Å². The molecule has 20 heavy (non-hydrogen) atoms. The lowest BCUT2D eigenvalue weighted by Crippen LogP contribution is -2.51. The number of benzene rings is 1. The fourth-order valence-electron chi connectivity index (χ4n) is 2.71. The van der Waals surface area contributed by atoms with Gasteiger partial charge in [-0.2, -0.15) is 0 Å². The quantitative estimate of drug-likeness (QED) is 0.894. The molecule has 0 spiro atoms. The van der Waals surface area contributed by atoms with Crippen molar-refractivity contribution in [2.24, 2.45) is 0 Å². The standard InChI is InChI=1S/C16H21BrN2O/c17-14-5-3-13(4-6-14)2-1-8-19-9-7-15(10-19)18-16-11-20-12-16/h1-6,15-16,18H,7-12H2/b2-1+. The molecule has 2 heterocycles. The third-order valence-electron chi connectivity index (χ3n) is 3.93. The van der Waals surface area contributed by atoms with Crippen LogP contribution in [0.2, 0.25) is 0 Å². The molecule has 1 unspecified atom stereocenters. The molecule has 2 aliphatic heterocycles. The van der Waals surface area contributed by atoms with Crippen molar-refractivity contribution in [3.05, 3.63) is 40.4 Å². The van der Waals surface area contributed by atoms with Gasteiger partial charge in [0, 0.05) is 30.1 Å². The lowest BCUT2D eigenvalue weighted by Gasteiger charge is -2.30. The summed E-state index contributed by atoms with van der Waals surface area (Å²) in [5.74, 6) is 0. The van der Waals surface area contributed by atoms with Crippen molar-refractivity contribution in [3.63, 3.8) is 0 Å². The number of nitrogens with zero attached hydrogens (tertiary/aromatic N) is 1. The highest BCUT2D eigenvalue weighted by molar-refractivity contribution is 9.10. The Hall–Kier alpha value is -0.680. The fraction of sp³-hybridized carbons (Fsp3) is 0.500. The average molecular weight is 337 g/mol. The second-order valence-electron chi connectivity index (χ2n) is 5.60. The van der Waals surface area contributed by atoms with Crippen molar-refractivity contribution < 1.29 is 4.74 Å². The number of rotatable bonds is 5. The van der Waals surface area contributed by atoms with Gasteiger partial charge < -0.3 is 10.1 Å². The van der Waals surface area contributed by atoms with Crippen molar-refractivity contribution in [1.29, 1.82) is 0 Å². The van der Waals surface area contributed by atoms with Crippen LogP contribution in [0.25, 0.3) is 6.08 Å². The van der Waals surface area contributed by atoms with Crippen LogP contribution >= 0.6 is 15.9 Å². The first kappa shape index (κ1) is 14.3. The molecule has 0 bridgehead atoms. The predicted octanol–water partition coefficient (Wildman–Crippen LogP) is 2.53. The number of hydrogen-bond donors (Lipinski definition) is 1. The Bertz CT molecular complexity index is 456. The number of nitrogens with one attached hydrogen (secondary N) is 1. The van der Waals surface area contributed by atoms with Crippen LogP contribution in [-0.4, -0.2) is 49.8 Å².